The Morgan fingerprint density at radius 2 is 1.15 bits per heavy atom. The van der Waals surface area contributed by atoms with E-state index < -0.39 is 12.2 Å². The number of rotatable bonds is 6. The van der Waals surface area contributed by atoms with Crippen LogP contribution in [0.4, 0.5) is 0 Å². The molecule has 0 bridgehead atoms. The Labute approximate surface area is 205 Å². The van der Waals surface area contributed by atoms with Gasteiger partial charge in [0.2, 0.25) is 0 Å². The highest BCUT2D eigenvalue weighted by atomic mass is 35.5. The van der Waals surface area contributed by atoms with Crippen molar-refractivity contribution in [2.24, 2.45) is 0 Å². The molecule has 2 atom stereocenters. The quantitative estimate of drug-likeness (QED) is 0.574. The molecule has 1 fully saturated rings. The average molecular weight is 493 g/mol. The summed E-state index contributed by atoms with van der Waals surface area (Å²) in [5.41, 5.74) is 1.75. The molecule has 178 valence electrons. The summed E-state index contributed by atoms with van der Waals surface area (Å²) in [6.45, 7) is 9.31. The van der Waals surface area contributed by atoms with E-state index >= 15 is 0 Å². The number of carbonyl (C=O) groups excluding carboxylic acids is 2. The predicted octanol–water partition coefficient (Wildman–Crippen LogP) is 4.91. The van der Waals surface area contributed by atoms with Crippen LogP contribution in [0.5, 0.6) is 11.5 Å². The smallest absolute Gasteiger partial charge is 0.263 e. The maximum Gasteiger partial charge on any atom is 0.263 e. The highest BCUT2D eigenvalue weighted by Crippen LogP contribution is 2.24. The highest BCUT2D eigenvalue weighted by molar-refractivity contribution is 6.31. The number of nitrogens with zero attached hydrogens (tertiary/aromatic N) is 2. The number of benzene rings is 2. The predicted molar refractivity (Wildman–Crippen MR) is 130 cm³/mol. The normalized spacial score (nSPS) is 16.1. The number of amides is 2. The molecule has 1 heterocycles. The van der Waals surface area contributed by atoms with Gasteiger partial charge in [0, 0.05) is 36.2 Å². The van der Waals surface area contributed by atoms with Crippen LogP contribution in [0.25, 0.3) is 0 Å². The number of ether oxygens (including phenoxy) is 2. The molecule has 0 aliphatic carbocycles. The minimum atomic E-state index is -0.637. The van der Waals surface area contributed by atoms with Crippen LogP contribution in [-0.2, 0) is 9.59 Å². The first-order valence-electron chi connectivity index (χ1n) is 11.1. The van der Waals surface area contributed by atoms with Gasteiger partial charge in [-0.05, 0) is 81.6 Å². The van der Waals surface area contributed by atoms with Gasteiger partial charge < -0.3 is 19.3 Å². The van der Waals surface area contributed by atoms with Gasteiger partial charge in [0.15, 0.2) is 12.2 Å². The molecule has 1 aliphatic heterocycles. The molecule has 1 aliphatic rings. The van der Waals surface area contributed by atoms with Gasteiger partial charge in [-0.15, -0.1) is 0 Å². The van der Waals surface area contributed by atoms with Crippen molar-refractivity contribution in [1.29, 1.82) is 0 Å². The van der Waals surface area contributed by atoms with Crippen LogP contribution >= 0.6 is 23.2 Å². The molecule has 0 unspecified atom stereocenters. The van der Waals surface area contributed by atoms with Crippen molar-refractivity contribution in [3.8, 4) is 11.5 Å². The van der Waals surface area contributed by atoms with Crippen molar-refractivity contribution in [1.82, 2.24) is 9.80 Å². The number of aryl methyl sites for hydroxylation is 2. The largest absolute Gasteiger partial charge is 0.481 e. The summed E-state index contributed by atoms with van der Waals surface area (Å²) in [7, 11) is 0. The molecule has 8 heteroatoms. The number of hydrogen-bond acceptors (Lipinski definition) is 4. The lowest BCUT2D eigenvalue weighted by molar-refractivity contribution is -0.140. The molecule has 1 saturated heterocycles. The van der Waals surface area contributed by atoms with E-state index in [1.54, 1.807) is 60.0 Å². The molecule has 0 aromatic heterocycles. The van der Waals surface area contributed by atoms with Crippen LogP contribution < -0.4 is 9.47 Å². The van der Waals surface area contributed by atoms with Gasteiger partial charge >= 0.3 is 0 Å². The van der Waals surface area contributed by atoms with Gasteiger partial charge in [-0.3, -0.25) is 9.59 Å². The average Bonchev–Trinajstić information content (AvgIpc) is 3.02. The molecule has 0 spiro atoms. The number of halogens is 2. The molecular weight excluding hydrogens is 463 g/mol. The van der Waals surface area contributed by atoms with Crippen molar-refractivity contribution in [2.75, 3.05) is 26.2 Å². The molecule has 33 heavy (non-hydrogen) atoms. The molecule has 2 amide bonds. The number of hydrogen-bond donors (Lipinski definition) is 0. The van der Waals surface area contributed by atoms with Crippen molar-refractivity contribution < 1.29 is 19.1 Å². The van der Waals surface area contributed by atoms with Gasteiger partial charge in [0.1, 0.15) is 11.5 Å². The van der Waals surface area contributed by atoms with E-state index in [2.05, 4.69) is 0 Å². The highest BCUT2D eigenvalue weighted by Gasteiger charge is 2.29. The van der Waals surface area contributed by atoms with E-state index in [-0.39, 0.29) is 11.8 Å². The molecule has 0 saturated carbocycles. The maximum atomic E-state index is 13.0. The van der Waals surface area contributed by atoms with Crippen LogP contribution in [0.15, 0.2) is 36.4 Å². The second-order valence-corrected chi connectivity index (χ2v) is 9.22. The zero-order valence-corrected chi connectivity index (χ0v) is 20.9. The third kappa shape index (κ3) is 6.55. The third-order valence-electron chi connectivity index (χ3n) is 5.70. The van der Waals surface area contributed by atoms with Gasteiger partial charge in [-0.2, -0.15) is 0 Å². The minimum Gasteiger partial charge on any atom is -0.481 e. The summed E-state index contributed by atoms with van der Waals surface area (Å²) < 4.78 is 11.8. The SMILES string of the molecule is Cc1cc(Cl)ccc1O[C@H](C)C(=O)N1CCCN(C(=O)[C@@H](C)Oc2ccc(Cl)cc2C)CC1. The fraction of sp³-hybridized carbons (Fsp3) is 0.440. The Morgan fingerprint density at radius 3 is 1.52 bits per heavy atom. The summed E-state index contributed by atoms with van der Waals surface area (Å²) in [5, 5.41) is 1.25. The first-order valence-corrected chi connectivity index (χ1v) is 11.8. The van der Waals surface area contributed by atoms with Crippen molar-refractivity contribution in [2.45, 2.75) is 46.3 Å². The zero-order chi connectivity index (χ0) is 24.1. The lowest BCUT2D eigenvalue weighted by Gasteiger charge is -2.26. The Bertz CT molecular complexity index is 934. The van der Waals surface area contributed by atoms with Crippen LogP contribution in [-0.4, -0.2) is 60.0 Å². The Hall–Kier alpha value is -2.44. The lowest BCUT2D eigenvalue weighted by atomic mass is 10.2. The topological polar surface area (TPSA) is 59.1 Å². The van der Waals surface area contributed by atoms with Gasteiger partial charge in [0.25, 0.3) is 11.8 Å². The molecule has 0 radical (unpaired) electrons. The van der Waals surface area contributed by atoms with Crippen LogP contribution in [0.3, 0.4) is 0 Å². The Kier molecular flexibility index (Phi) is 8.49. The second kappa shape index (κ2) is 11.1. The van der Waals surface area contributed by atoms with E-state index in [1.165, 1.54) is 0 Å². The standard InChI is InChI=1S/C25H30Cl2N2O4/c1-16-14-20(26)6-8-22(16)32-18(3)24(30)28-10-5-11-29(13-12-28)25(31)19(4)33-23-9-7-21(27)15-17(23)2/h6-9,14-15,18-19H,5,10-13H2,1-4H3/t18-,19-/m1/s1. The van der Waals surface area contributed by atoms with E-state index in [0.717, 1.165) is 11.1 Å². The van der Waals surface area contributed by atoms with Crippen LogP contribution in [0.2, 0.25) is 10.0 Å². The van der Waals surface area contributed by atoms with Crippen molar-refractivity contribution >= 4 is 35.0 Å². The van der Waals surface area contributed by atoms with Crippen LogP contribution in [0.1, 0.15) is 31.4 Å². The summed E-state index contributed by atoms with van der Waals surface area (Å²) in [6, 6.07) is 10.6. The molecule has 2 aromatic carbocycles. The van der Waals surface area contributed by atoms with E-state index in [4.69, 9.17) is 32.7 Å². The third-order valence-corrected chi connectivity index (χ3v) is 6.17. The second-order valence-electron chi connectivity index (χ2n) is 8.34. The molecule has 0 N–H and O–H groups in total. The fourth-order valence-corrected chi connectivity index (χ4v) is 4.30. The summed E-state index contributed by atoms with van der Waals surface area (Å²) in [6.07, 6.45) is -0.582. The van der Waals surface area contributed by atoms with Crippen LogP contribution in [0, 0.1) is 13.8 Å². The van der Waals surface area contributed by atoms with Gasteiger partial charge in [0.05, 0.1) is 0 Å². The Balaban J connectivity index is 1.56. The summed E-state index contributed by atoms with van der Waals surface area (Å²) in [4.78, 5) is 29.5. The minimum absolute atomic E-state index is 0.0975. The van der Waals surface area contributed by atoms with E-state index in [0.29, 0.717) is 54.1 Å². The molecule has 2 aromatic rings. The fourth-order valence-electron chi connectivity index (χ4n) is 3.84. The van der Waals surface area contributed by atoms with Gasteiger partial charge in [-0.25, -0.2) is 0 Å². The first-order chi connectivity index (χ1) is 15.7. The first kappa shape index (κ1) is 25.2. The van der Waals surface area contributed by atoms with E-state index in [9.17, 15) is 9.59 Å². The molecular formula is C25H30Cl2N2O4. The molecule has 6 nitrogen and oxygen atoms in total. The molecule has 3 rings (SSSR count). The van der Waals surface area contributed by atoms with Crippen molar-refractivity contribution in [3.63, 3.8) is 0 Å². The summed E-state index contributed by atoms with van der Waals surface area (Å²) >= 11 is 12.0. The van der Waals surface area contributed by atoms with Gasteiger partial charge in [-0.1, -0.05) is 23.2 Å². The zero-order valence-electron chi connectivity index (χ0n) is 19.4. The monoisotopic (exact) mass is 492 g/mol. The van der Waals surface area contributed by atoms with Crippen molar-refractivity contribution in [3.05, 3.63) is 57.6 Å². The number of carbonyl (C=O) groups is 2. The Morgan fingerprint density at radius 1 is 0.758 bits per heavy atom. The maximum absolute atomic E-state index is 13.0. The lowest BCUT2D eigenvalue weighted by Crippen LogP contribution is -2.45. The summed E-state index contributed by atoms with van der Waals surface area (Å²) in [5.74, 6) is 1.07. The van der Waals surface area contributed by atoms with E-state index in [1.807, 2.05) is 13.8 Å².